The molecule has 0 aromatic heterocycles. The normalized spacial score (nSPS) is 33.1. The summed E-state index contributed by atoms with van der Waals surface area (Å²) in [5.41, 5.74) is 10.9. The Morgan fingerprint density at radius 3 is 2.59 bits per heavy atom. The van der Waals surface area contributed by atoms with Crippen LogP contribution >= 0.6 is 11.8 Å². The first-order valence-electron chi connectivity index (χ1n) is 6.72. The van der Waals surface area contributed by atoms with Crippen LogP contribution in [0.5, 0.6) is 0 Å². The number of primary amides is 1. The SMILES string of the molecule is CC1CCCC(SCC(N)(C(N)=O)C2CC2)C1. The minimum absolute atomic E-state index is 0.309. The third kappa shape index (κ3) is 3.16. The van der Waals surface area contributed by atoms with E-state index in [-0.39, 0.29) is 5.91 Å². The van der Waals surface area contributed by atoms with Crippen molar-refractivity contribution in [1.29, 1.82) is 0 Å². The molecule has 3 unspecified atom stereocenters. The molecule has 2 aliphatic rings. The molecular formula is C13H24N2OS. The predicted octanol–water partition coefficient (Wildman–Crippen LogP) is 1.89. The summed E-state index contributed by atoms with van der Waals surface area (Å²) in [4.78, 5) is 11.5. The Labute approximate surface area is 108 Å². The predicted molar refractivity (Wildman–Crippen MR) is 72.7 cm³/mol. The summed E-state index contributed by atoms with van der Waals surface area (Å²) in [7, 11) is 0. The van der Waals surface area contributed by atoms with Crippen LogP contribution in [0.25, 0.3) is 0 Å². The summed E-state index contributed by atoms with van der Waals surface area (Å²) in [5, 5.41) is 0.680. The first-order valence-corrected chi connectivity index (χ1v) is 7.77. The summed E-state index contributed by atoms with van der Waals surface area (Å²) in [6, 6.07) is 0. The topological polar surface area (TPSA) is 69.1 Å². The monoisotopic (exact) mass is 256 g/mol. The summed E-state index contributed by atoms with van der Waals surface area (Å²) in [6.45, 7) is 2.32. The third-order valence-electron chi connectivity index (χ3n) is 4.21. The lowest BCUT2D eigenvalue weighted by molar-refractivity contribution is -0.123. The Hall–Kier alpha value is -0.220. The highest BCUT2D eigenvalue weighted by atomic mass is 32.2. The van der Waals surface area contributed by atoms with Gasteiger partial charge in [0.05, 0.1) is 0 Å². The molecular weight excluding hydrogens is 232 g/mol. The molecule has 98 valence electrons. The van der Waals surface area contributed by atoms with Gasteiger partial charge in [-0.1, -0.05) is 19.8 Å². The second-order valence-electron chi connectivity index (χ2n) is 5.88. The van der Waals surface area contributed by atoms with E-state index in [9.17, 15) is 4.79 Å². The molecule has 0 saturated heterocycles. The van der Waals surface area contributed by atoms with Gasteiger partial charge in [-0.3, -0.25) is 4.79 Å². The molecule has 4 N–H and O–H groups in total. The lowest BCUT2D eigenvalue weighted by Gasteiger charge is -2.31. The lowest BCUT2D eigenvalue weighted by Crippen LogP contribution is -2.56. The maximum atomic E-state index is 11.5. The van der Waals surface area contributed by atoms with Gasteiger partial charge in [0.15, 0.2) is 0 Å². The summed E-state index contributed by atoms with van der Waals surface area (Å²) in [5.74, 6) is 1.57. The Morgan fingerprint density at radius 2 is 2.06 bits per heavy atom. The van der Waals surface area contributed by atoms with Crippen LogP contribution < -0.4 is 11.5 Å². The first kappa shape index (κ1) is 13.2. The molecule has 0 bridgehead atoms. The van der Waals surface area contributed by atoms with Crippen molar-refractivity contribution in [2.75, 3.05) is 5.75 Å². The minimum atomic E-state index is -0.745. The summed E-state index contributed by atoms with van der Waals surface area (Å²) < 4.78 is 0. The van der Waals surface area contributed by atoms with Crippen molar-refractivity contribution in [1.82, 2.24) is 0 Å². The molecule has 3 atom stereocenters. The lowest BCUT2D eigenvalue weighted by atomic mass is 9.90. The highest BCUT2D eigenvalue weighted by molar-refractivity contribution is 8.00. The van der Waals surface area contributed by atoms with Gasteiger partial charge in [0.25, 0.3) is 0 Å². The van der Waals surface area contributed by atoms with Crippen molar-refractivity contribution >= 4 is 17.7 Å². The van der Waals surface area contributed by atoms with E-state index in [1.165, 1.54) is 25.7 Å². The van der Waals surface area contributed by atoms with Crippen molar-refractivity contribution < 1.29 is 4.79 Å². The van der Waals surface area contributed by atoms with Crippen molar-refractivity contribution in [2.24, 2.45) is 23.3 Å². The molecule has 0 aromatic carbocycles. The molecule has 2 saturated carbocycles. The third-order valence-corrected chi connectivity index (χ3v) is 5.75. The average molecular weight is 256 g/mol. The van der Waals surface area contributed by atoms with Crippen LogP contribution in [0.2, 0.25) is 0 Å². The van der Waals surface area contributed by atoms with Crippen LogP contribution in [0.1, 0.15) is 45.4 Å². The highest BCUT2D eigenvalue weighted by Gasteiger charge is 2.47. The van der Waals surface area contributed by atoms with E-state index in [2.05, 4.69) is 6.92 Å². The number of hydrogen-bond donors (Lipinski definition) is 2. The van der Waals surface area contributed by atoms with Gasteiger partial charge < -0.3 is 11.5 Å². The first-order chi connectivity index (χ1) is 8.02. The number of amides is 1. The zero-order valence-corrected chi connectivity index (χ0v) is 11.5. The second-order valence-corrected chi connectivity index (χ2v) is 7.17. The fourth-order valence-corrected chi connectivity index (χ4v) is 4.46. The highest BCUT2D eigenvalue weighted by Crippen LogP contribution is 2.42. The molecule has 1 amide bonds. The Balaban J connectivity index is 1.85. The standard InChI is InChI=1S/C13H24N2OS/c1-9-3-2-4-11(7-9)17-8-13(15,12(14)16)10-5-6-10/h9-11H,2-8,15H2,1H3,(H2,14,16). The van der Waals surface area contributed by atoms with E-state index in [0.717, 1.165) is 18.8 Å². The van der Waals surface area contributed by atoms with Gasteiger partial charge in [-0.05, 0) is 37.5 Å². The Morgan fingerprint density at radius 1 is 1.35 bits per heavy atom. The average Bonchev–Trinajstić information content (AvgIpc) is 3.09. The number of nitrogens with two attached hydrogens (primary N) is 2. The molecule has 2 rings (SSSR count). The van der Waals surface area contributed by atoms with E-state index in [1.54, 1.807) is 0 Å². The molecule has 2 aliphatic carbocycles. The van der Waals surface area contributed by atoms with Crippen molar-refractivity contribution in [3.63, 3.8) is 0 Å². The fraction of sp³-hybridized carbons (Fsp3) is 0.923. The van der Waals surface area contributed by atoms with Gasteiger partial charge in [0, 0.05) is 11.0 Å². The maximum Gasteiger partial charge on any atom is 0.238 e. The van der Waals surface area contributed by atoms with Crippen molar-refractivity contribution in [2.45, 2.75) is 56.2 Å². The van der Waals surface area contributed by atoms with E-state index in [1.807, 2.05) is 11.8 Å². The minimum Gasteiger partial charge on any atom is -0.368 e. The maximum absolute atomic E-state index is 11.5. The van der Waals surface area contributed by atoms with Crippen LogP contribution in [-0.4, -0.2) is 22.4 Å². The number of carbonyl (C=O) groups excluding carboxylic acids is 1. The van der Waals surface area contributed by atoms with Crippen molar-refractivity contribution in [3.05, 3.63) is 0 Å². The zero-order valence-electron chi connectivity index (χ0n) is 10.7. The van der Waals surface area contributed by atoms with Gasteiger partial charge >= 0.3 is 0 Å². The van der Waals surface area contributed by atoms with E-state index < -0.39 is 5.54 Å². The molecule has 0 aromatic rings. The largest absolute Gasteiger partial charge is 0.368 e. The molecule has 0 spiro atoms. The molecule has 3 nitrogen and oxygen atoms in total. The molecule has 0 radical (unpaired) electrons. The van der Waals surface area contributed by atoms with Gasteiger partial charge in [-0.2, -0.15) is 11.8 Å². The summed E-state index contributed by atoms with van der Waals surface area (Å²) >= 11 is 1.88. The van der Waals surface area contributed by atoms with Crippen LogP contribution in [0.4, 0.5) is 0 Å². The van der Waals surface area contributed by atoms with Gasteiger partial charge in [0.1, 0.15) is 5.54 Å². The van der Waals surface area contributed by atoms with Crippen LogP contribution in [-0.2, 0) is 4.79 Å². The molecule has 2 fully saturated rings. The van der Waals surface area contributed by atoms with Gasteiger partial charge in [-0.25, -0.2) is 0 Å². The Bertz CT molecular complexity index is 293. The fourth-order valence-electron chi connectivity index (χ4n) is 2.77. The number of rotatable bonds is 5. The van der Waals surface area contributed by atoms with Crippen LogP contribution in [0.3, 0.4) is 0 Å². The quantitative estimate of drug-likeness (QED) is 0.789. The molecule has 0 heterocycles. The van der Waals surface area contributed by atoms with E-state index >= 15 is 0 Å². The number of hydrogen-bond acceptors (Lipinski definition) is 3. The zero-order chi connectivity index (χ0) is 12.5. The van der Waals surface area contributed by atoms with Crippen LogP contribution in [0.15, 0.2) is 0 Å². The van der Waals surface area contributed by atoms with E-state index in [4.69, 9.17) is 11.5 Å². The van der Waals surface area contributed by atoms with E-state index in [0.29, 0.717) is 16.9 Å². The number of thioether (sulfide) groups is 1. The molecule has 4 heteroatoms. The summed E-state index contributed by atoms with van der Waals surface area (Å²) in [6.07, 6.45) is 7.35. The van der Waals surface area contributed by atoms with Crippen molar-refractivity contribution in [3.8, 4) is 0 Å². The smallest absolute Gasteiger partial charge is 0.238 e. The molecule has 17 heavy (non-hydrogen) atoms. The number of carbonyl (C=O) groups is 1. The van der Waals surface area contributed by atoms with Crippen LogP contribution in [0, 0.1) is 11.8 Å². The second kappa shape index (κ2) is 5.19. The molecule has 0 aliphatic heterocycles. The van der Waals surface area contributed by atoms with Gasteiger partial charge in [0.2, 0.25) is 5.91 Å². The Kier molecular flexibility index (Phi) is 4.03. The van der Waals surface area contributed by atoms with Gasteiger partial charge in [-0.15, -0.1) is 0 Å².